The number of fused-ring (bicyclic) bond motifs is 1. The third-order valence-electron chi connectivity index (χ3n) is 3.99. The van der Waals surface area contributed by atoms with Gasteiger partial charge in [0.05, 0.1) is 15.9 Å². The number of halogens is 1. The molecule has 0 atom stereocenters. The van der Waals surface area contributed by atoms with Crippen molar-refractivity contribution in [3.63, 3.8) is 0 Å². The van der Waals surface area contributed by atoms with Crippen molar-refractivity contribution in [2.45, 2.75) is 6.92 Å². The van der Waals surface area contributed by atoms with Crippen molar-refractivity contribution in [1.82, 2.24) is 14.5 Å². The highest BCUT2D eigenvalue weighted by Crippen LogP contribution is 2.23. The summed E-state index contributed by atoms with van der Waals surface area (Å²) >= 11 is 1.50. The lowest BCUT2D eigenvalue weighted by Crippen LogP contribution is -2.08. The molecule has 0 aliphatic rings. The van der Waals surface area contributed by atoms with E-state index in [0.29, 0.717) is 17.2 Å². The molecule has 1 amide bonds. The van der Waals surface area contributed by atoms with E-state index in [1.54, 1.807) is 42.1 Å². The molecule has 2 aromatic heterocycles. The molecule has 0 spiro atoms. The fourth-order valence-electron chi connectivity index (χ4n) is 2.70. The SMILES string of the molecule is Cc1nccn1-c1ccc(NC(=O)/C=C/c2nc3ccccc3s2)cc1F. The monoisotopic (exact) mass is 378 g/mol. The minimum atomic E-state index is -0.441. The van der Waals surface area contributed by atoms with E-state index in [-0.39, 0.29) is 5.91 Å². The molecule has 0 saturated carbocycles. The van der Waals surface area contributed by atoms with Gasteiger partial charge in [-0.3, -0.25) is 4.79 Å². The Morgan fingerprint density at radius 3 is 2.85 bits per heavy atom. The second-order valence-electron chi connectivity index (χ2n) is 5.85. The first-order valence-corrected chi connectivity index (χ1v) is 9.06. The number of benzene rings is 2. The summed E-state index contributed by atoms with van der Waals surface area (Å²) in [6, 6.07) is 12.3. The van der Waals surface area contributed by atoms with Crippen LogP contribution in [-0.4, -0.2) is 20.4 Å². The topological polar surface area (TPSA) is 59.8 Å². The lowest BCUT2D eigenvalue weighted by atomic mass is 10.2. The highest BCUT2D eigenvalue weighted by Gasteiger charge is 2.09. The smallest absolute Gasteiger partial charge is 0.248 e. The molecular formula is C20H15FN4OS. The molecule has 7 heteroatoms. The minimum absolute atomic E-state index is 0.347. The highest BCUT2D eigenvalue weighted by molar-refractivity contribution is 7.19. The summed E-state index contributed by atoms with van der Waals surface area (Å²) in [6.07, 6.45) is 6.34. The first-order chi connectivity index (χ1) is 13.1. The predicted molar refractivity (Wildman–Crippen MR) is 106 cm³/mol. The van der Waals surface area contributed by atoms with Crippen molar-refractivity contribution in [3.05, 3.63) is 77.6 Å². The molecule has 134 valence electrons. The fraction of sp³-hybridized carbons (Fsp3) is 0.0500. The Morgan fingerprint density at radius 1 is 1.26 bits per heavy atom. The van der Waals surface area contributed by atoms with Gasteiger partial charge in [-0.2, -0.15) is 0 Å². The number of anilines is 1. The molecule has 2 heterocycles. The number of hydrogen-bond acceptors (Lipinski definition) is 4. The minimum Gasteiger partial charge on any atom is -0.322 e. The normalized spacial score (nSPS) is 11.3. The number of hydrogen-bond donors (Lipinski definition) is 1. The molecule has 0 saturated heterocycles. The number of aryl methyl sites for hydroxylation is 1. The third-order valence-corrected chi connectivity index (χ3v) is 4.99. The molecule has 0 aliphatic heterocycles. The Labute approximate surface area is 158 Å². The van der Waals surface area contributed by atoms with Crippen molar-refractivity contribution in [1.29, 1.82) is 0 Å². The molecule has 27 heavy (non-hydrogen) atoms. The van der Waals surface area contributed by atoms with Gasteiger partial charge >= 0.3 is 0 Å². The van der Waals surface area contributed by atoms with Crippen molar-refractivity contribution in [3.8, 4) is 5.69 Å². The number of nitrogens with one attached hydrogen (secondary N) is 1. The lowest BCUT2D eigenvalue weighted by molar-refractivity contribution is -0.111. The first kappa shape index (κ1) is 17.1. The molecule has 1 N–H and O–H groups in total. The summed E-state index contributed by atoms with van der Waals surface area (Å²) in [6.45, 7) is 1.79. The average molecular weight is 378 g/mol. The molecular weight excluding hydrogens is 363 g/mol. The zero-order valence-corrected chi connectivity index (χ0v) is 15.2. The van der Waals surface area contributed by atoms with Gasteiger partial charge in [-0.15, -0.1) is 11.3 Å². The second kappa shape index (κ2) is 7.13. The van der Waals surface area contributed by atoms with Crippen LogP contribution in [-0.2, 0) is 4.79 Å². The second-order valence-corrected chi connectivity index (χ2v) is 6.92. The van der Waals surface area contributed by atoms with Crippen molar-refractivity contribution in [2.24, 2.45) is 0 Å². The quantitative estimate of drug-likeness (QED) is 0.529. The van der Waals surface area contributed by atoms with E-state index >= 15 is 0 Å². The highest BCUT2D eigenvalue weighted by atomic mass is 32.1. The number of rotatable bonds is 4. The number of amides is 1. The van der Waals surface area contributed by atoms with E-state index in [1.807, 2.05) is 24.3 Å². The number of aromatic nitrogens is 3. The maximum Gasteiger partial charge on any atom is 0.248 e. The Bertz CT molecular complexity index is 1130. The summed E-state index contributed by atoms with van der Waals surface area (Å²) < 4.78 is 17.1. The van der Waals surface area contributed by atoms with Gasteiger partial charge in [0.15, 0.2) is 0 Å². The molecule has 4 rings (SSSR count). The van der Waals surface area contributed by atoms with Crippen LogP contribution in [0.5, 0.6) is 0 Å². The van der Waals surface area contributed by atoms with Gasteiger partial charge in [0, 0.05) is 24.2 Å². The van der Waals surface area contributed by atoms with Crippen LogP contribution in [0.3, 0.4) is 0 Å². The molecule has 0 bridgehead atoms. The van der Waals surface area contributed by atoms with E-state index in [2.05, 4.69) is 15.3 Å². The van der Waals surface area contributed by atoms with Gasteiger partial charge in [0.2, 0.25) is 5.91 Å². The van der Waals surface area contributed by atoms with Crippen molar-refractivity contribution in [2.75, 3.05) is 5.32 Å². The Hall–Kier alpha value is -3.32. The van der Waals surface area contributed by atoms with Crippen LogP contribution in [0.25, 0.3) is 22.0 Å². The number of imidazole rings is 1. The zero-order valence-electron chi connectivity index (χ0n) is 14.4. The summed E-state index contributed by atoms with van der Waals surface area (Å²) in [5.41, 5.74) is 1.66. The molecule has 0 unspecified atom stereocenters. The molecule has 2 aromatic carbocycles. The summed E-state index contributed by atoms with van der Waals surface area (Å²) in [4.78, 5) is 20.6. The maximum absolute atomic E-state index is 14.4. The van der Waals surface area contributed by atoms with Crippen LogP contribution in [0.4, 0.5) is 10.1 Å². The first-order valence-electron chi connectivity index (χ1n) is 8.25. The summed E-state index contributed by atoms with van der Waals surface area (Å²) in [5, 5.41) is 3.40. The summed E-state index contributed by atoms with van der Waals surface area (Å²) in [5.74, 6) is -0.103. The number of para-hydroxylation sites is 1. The summed E-state index contributed by atoms with van der Waals surface area (Å²) in [7, 11) is 0. The predicted octanol–water partition coefficient (Wildman–Crippen LogP) is 4.58. The molecule has 5 nitrogen and oxygen atoms in total. The van der Waals surface area contributed by atoms with E-state index < -0.39 is 5.82 Å². The molecule has 0 aliphatic carbocycles. The van der Waals surface area contributed by atoms with Crippen molar-refractivity contribution >= 4 is 39.2 Å². The van der Waals surface area contributed by atoms with E-state index in [4.69, 9.17) is 0 Å². The van der Waals surface area contributed by atoms with E-state index in [0.717, 1.165) is 15.2 Å². The van der Waals surface area contributed by atoms with Gasteiger partial charge in [0.25, 0.3) is 0 Å². The van der Waals surface area contributed by atoms with Crippen LogP contribution in [0.15, 0.2) is 60.9 Å². The van der Waals surface area contributed by atoms with Gasteiger partial charge in [-0.05, 0) is 43.3 Å². The van der Waals surface area contributed by atoms with Crippen LogP contribution in [0, 0.1) is 12.7 Å². The van der Waals surface area contributed by atoms with Crippen LogP contribution < -0.4 is 5.32 Å². The average Bonchev–Trinajstić information content (AvgIpc) is 3.26. The van der Waals surface area contributed by atoms with Gasteiger partial charge < -0.3 is 9.88 Å². The number of nitrogens with zero attached hydrogens (tertiary/aromatic N) is 3. The number of thiazole rings is 1. The van der Waals surface area contributed by atoms with E-state index in [9.17, 15) is 9.18 Å². The van der Waals surface area contributed by atoms with Crippen LogP contribution in [0.2, 0.25) is 0 Å². The standard InChI is InChI=1S/C20H15FN4OS/c1-13-22-10-11-25(13)17-7-6-14(12-15(17)21)23-19(26)8-9-20-24-16-4-2-3-5-18(16)27-20/h2-12H,1H3,(H,23,26)/b9-8+. The Balaban J connectivity index is 1.48. The number of carbonyl (C=O) groups is 1. The molecule has 0 fully saturated rings. The van der Waals surface area contributed by atoms with Crippen molar-refractivity contribution < 1.29 is 9.18 Å². The van der Waals surface area contributed by atoms with Crippen LogP contribution in [0.1, 0.15) is 10.8 Å². The Kier molecular flexibility index (Phi) is 4.52. The number of carbonyl (C=O) groups excluding carboxylic acids is 1. The fourth-order valence-corrected chi connectivity index (χ4v) is 3.58. The largest absolute Gasteiger partial charge is 0.322 e. The van der Waals surface area contributed by atoms with E-state index in [1.165, 1.54) is 23.5 Å². The maximum atomic E-state index is 14.4. The zero-order chi connectivity index (χ0) is 18.8. The van der Waals surface area contributed by atoms with Gasteiger partial charge in [0.1, 0.15) is 16.6 Å². The lowest BCUT2D eigenvalue weighted by Gasteiger charge is -2.09. The molecule has 4 aromatic rings. The van der Waals surface area contributed by atoms with Gasteiger partial charge in [-0.25, -0.2) is 14.4 Å². The molecule has 0 radical (unpaired) electrons. The Morgan fingerprint density at radius 2 is 2.11 bits per heavy atom. The van der Waals surface area contributed by atoms with Gasteiger partial charge in [-0.1, -0.05) is 12.1 Å². The van der Waals surface area contributed by atoms with Crippen LogP contribution >= 0.6 is 11.3 Å². The third kappa shape index (κ3) is 3.63.